The van der Waals surface area contributed by atoms with Crippen molar-refractivity contribution >= 4 is 62.8 Å². The smallest absolute Gasteiger partial charge is 0.257 e. The largest absolute Gasteiger partial charge is 0.504 e. The molecule has 3 fully saturated rings. The van der Waals surface area contributed by atoms with Crippen LogP contribution in [0.25, 0.3) is 0 Å². The average molecular weight is 588 g/mol. The molecule has 0 spiro atoms. The third kappa shape index (κ3) is 3.03. The van der Waals surface area contributed by atoms with Gasteiger partial charge in [-0.3, -0.25) is 29.3 Å². The summed E-state index contributed by atoms with van der Waals surface area (Å²) < 4.78 is 5.52. The van der Waals surface area contributed by atoms with Crippen molar-refractivity contribution in [3.63, 3.8) is 0 Å². The summed E-state index contributed by atoms with van der Waals surface area (Å²) in [5.41, 5.74) is 0.910. The van der Waals surface area contributed by atoms with Gasteiger partial charge in [-0.2, -0.15) is 5.06 Å². The summed E-state index contributed by atoms with van der Waals surface area (Å²) in [6.45, 7) is 2.01. The number of hydroxylamine groups is 2. The Morgan fingerprint density at radius 2 is 1.86 bits per heavy atom. The molecule has 6 atom stereocenters. The van der Waals surface area contributed by atoms with Crippen molar-refractivity contribution in [1.82, 2.24) is 9.96 Å². The van der Waals surface area contributed by atoms with Gasteiger partial charge >= 0.3 is 0 Å². The van der Waals surface area contributed by atoms with Gasteiger partial charge in [0.15, 0.2) is 21.2 Å². The molecule has 4 amide bonds. The highest BCUT2D eigenvalue weighted by atomic mass is 79.9. The summed E-state index contributed by atoms with van der Waals surface area (Å²) in [6.07, 6.45) is 1.74. The van der Waals surface area contributed by atoms with Crippen LogP contribution < -0.4 is 4.74 Å². The van der Waals surface area contributed by atoms with Gasteiger partial charge in [-0.15, -0.1) is 23.2 Å². The molecular weight excluding hydrogens is 567 g/mol. The summed E-state index contributed by atoms with van der Waals surface area (Å²) >= 11 is 17.3. The van der Waals surface area contributed by atoms with Crippen LogP contribution in [0, 0.1) is 17.8 Å². The van der Waals surface area contributed by atoms with Crippen LogP contribution in [-0.4, -0.2) is 65.7 Å². The summed E-state index contributed by atoms with van der Waals surface area (Å²) in [6, 6.07) is 4.50. The lowest BCUT2D eigenvalue weighted by molar-refractivity contribution is -0.173. The van der Waals surface area contributed by atoms with Gasteiger partial charge in [-0.25, -0.2) is 0 Å². The first-order valence-electron chi connectivity index (χ1n) is 11.0. The number of benzene rings is 1. The minimum atomic E-state index is -1.94. The summed E-state index contributed by atoms with van der Waals surface area (Å²) in [7, 11) is 0. The molecule has 1 aromatic rings. The van der Waals surface area contributed by atoms with E-state index in [-0.39, 0.29) is 41.5 Å². The van der Waals surface area contributed by atoms with E-state index in [1.165, 1.54) is 12.1 Å². The molecule has 9 nitrogen and oxygen atoms in total. The zero-order valence-corrected chi connectivity index (χ0v) is 21.5. The van der Waals surface area contributed by atoms with Gasteiger partial charge in [0.1, 0.15) is 0 Å². The Kier molecular flexibility index (Phi) is 5.75. The minimum absolute atomic E-state index is 0.121. The molecule has 35 heavy (non-hydrogen) atoms. The van der Waals surface area contributed by atoms with Crippen LogP contribution in [0.3, 0.4) is 0 Å². The zero-order valence-electron chi connectivity index (χ0n) is 18.4. The summed E-state index contributed by atoms with van der Waals surface area (Å²) in [5, 5.41) is 20.4. The number of hydrogen-bond donors (Lipinski definition) is 2. The van der Waals surface area contributed by atoms with Crippen LogP contribution in [0.5, 0.6) is 11.5 Å². The van der Waals surface area contributed by atoms with E-state index in [9.17, 15) is 29.5 Å². The number of aromatic hydroxyl groups is 1. The Morgan fingerprint density at radius 3 is 2.51 bits per heavy atom. The van der Waals surface area contributed by atoms with Gasteiger partial charge in [-0.1, -0.05) is 33.6 Å². The van der Waals surface area contributed by atoms with Crippen LogP contribution in [0.2, 0.25) is 0 Å². The molecule has 2 N–H and O–H groups in total. The van der Waals surface area contributed by atoms with Crippen LogP contribution in [0.4, 0.5) is 0 Å². The molecule has 5 rings (SSSR count). The normalized spacial score (nSPS) is 36.2. The zero-order chi connectivity index (χ0) is 25.4. The molecule has 6 unspecified atom stereocenters. The Balaban J connectivity index is 1.75. The number of allylic oxidation sites excluding steroid dienone is 2. The topological polar surface area (TPSA) is 124 Å². The molecule has 1 aromatic carbocycles. The third-order valence-electron chi connectivity index (χ3n) is 7.61. The maximum Gasteiger partial charge on any atom is 0.257 e. The molecule has 186 valence electrons. The minimum Gasteiger partial charge on any atom is -0.504 e. The fourth-order valence-corrected chi connectivity index (χ4v) is 7.52. The Bertz CT molecular complexity index is 1210. The van der Waals surface area contributed by atoms with E-state index < -0.39 is 57.0 Å². The Labute approximate surface area is 218 Å². The van der Waals surface area contributed by atoms with Gasteiger partial charge in [0, 0.05) is 5.92 Å². The van der Waals surface area contributed by atoms with E-state index in [1.807, 2.05) is 0 Å². The number of alkyl halides is 3. The quantitative estimate of drug-likeness (QED) is 0.182. The van der Waals surface area contributed by atoms with Crippen molar-refractivity contribution in [2.75, 3.05) is 12.1 Å². The fourth-order valence-electron chi connectivity index (χ4n) is 6.09. The summed E-state index contributed by atoms with van der Waals surface area (Å²) in [4.78, 5) is 49.5. The number of hydrogen-bond acceptors (Lipinski definition) is 7. The molecule has 12 heteroatoms. The predicted octanol–water partition coefficient (Wildman–Crippen LogP) is 2.89. The lowest BCUT2D eigenvalue weighted by Gasteiger charge is -2.50. The number of phenolic OH excluding ortho intramolecular Hbond substituents is 1. The Hall–Kier alpha value is -2.14. The van der Waals surface area contributed by atoms with Crippen molar-refractivity contribution in [3.8, 4) is 11.5 Å². The van der Waals surface area contributed by atoms with E-state index in [2.05, 4.69) is 15.9 Å². The van der Waals surface area contributed by atoms with Crippen molar-refractivity contribution in [2.45, 2.75) is 35.4 Å². The van der Waals surface area contributed by atoms with E-state index in [0.717, 1.165) is 4.90 Å². The van der Waals surface area contributed by atoms with E-state index in [1.54, 1.807) is 19.1 Å². The standard InChI is InChI=1S/C23H21BrCl2N2O7/c1-2-35-15-7-10(3-6-14(15)29)17-11-4-5-12-16(19(31)28(34)18(12)30)13(11)8-22(25)20(32)27(9-24)21(33)23(17,22)26/h3-4,6-7,12-13,16-17,29,34H,2,5,8-9H2,1H3. The molecule has 2 aliphatic carbocycles. The average Bonchev–Trinajstić information content (AvgIpc) is 3.14. The third-order valence-corrected chi connectivity index (χ3v) is 9.52. The molecule has 1 saturated carbocycles. The molecule has 0 radical (unpaired) electrons. The molecule has 2 aliphatic heterocycles. The molecule has 0 aromatic heterocycles. The highest BCUT2D eigenvalue weighted by Crippen LogP contribution is 2.65. The second kappa shape index (κ2) is 8.19. The number of nitrogens with zero attached hydrogens (tertiary/aromatic N) is 2. The first-order valence-corrected chi connectivity index (χ1v) is 12.9. The van der Waals surface area contributed by atoms with Crippen LogP contribution in [-0.2, 0) is 19.2 Å². The van der Waals surface area contributed by atoms with Crippen LogP contribution >= 0.6 is 39.1 Å². The predicted molar refractivity (Wildman–Crippen MR) is 126 cm³/mol. The lowest BCUT2D eigenvalue weighted by Crippen LogP contribution is -2.60. The number of amides is 4. The van der Waals surface area contributed by atoms with Crippen molar-refractivity contribution in [1.29, 1.82) is 0 Å². The highest BCUT2D eigenvalue weighted by Gasteiger charge is 2.76. The maximum atomic E-state index is 13.6. The fraction of sp³-hybridized carbons (Fsp3) is 0.478. The van der Waals surface area contributed by atoms with Crippen molar-refractivity contribution in [3.05, 3.63) is 35.4 Å². The number of fused-ring (bicyclic) bond motifs is 4. The second-order valence-corrected chi connectivity index (χ2v) is 10.9. The molecule has 4 aliphatic rings. The van der Waals surface area contributed by atoms with Gasteiger partial charge in [0.05, 0.1) is 23.9 Å². The SMILES string of the molecule is CCOc1cc(C2C3=CCC4C(=O)N(O)C(=O)C4C3CC3(Cl)C(=O)N(CBr)C(=O)C23Cl)ccc1O. The van der Waals surface area contributed by atoms with Gasteiger partial charge in [0.2, 0.25) is 0 Å². The van der Waals surface area contributed by atoms with Gasteiger partial charge in [-0.05, 0) is 43.4 Å². The number of phenols is 1. The molecular formula is C23H21BrCl2N2O7. The van der Waals surface area contributed by atoms with E-state index in [4.69, 9.17) is 27.9 Å². The van der Waals surface area contributed by atoms with Crippen molar-refractivity contribution < 1.29 is 34.2 Å². The summed E-state index contributed by atoms with van der Waals surface area (Å²) in [5.74, 6) is -6.29. The van der Waals surface area contributed by atoms with E-state index >= 15 is 0 Å². The number of imide groups is 2. The number of carbonyl (C=O) groups excluding carboxylic acids is 4. The van der Waals surface area contributed by atoms with Gasteiger partial charge < -0.3 is 9.84 Å². The first-order chi connectivity index (χ1) is 16.5. The monoisotopic (exact) mass is 586 g/mol. The molecule has 2 saturated heterocycles. The second-order valence-electron chi connectivity index (χ2n) is 9.13. The van der Waals surface area contributed by atoms with Crippen molar-refractivity contribution in [2.24, 2.45) is 17.8 Å². The number of halogens is 3. The highest BCUT2D eigenvalue weighted by molar-refractivity contribution is 9.09. The molecule has 0 bridgehead atoms. The maximum absolute atomic E-state index is 13.6. The number of likely N-dealkylation sites (tertiary alicyclic amines) is 1. The number of ether oxygens (including phenoxy) is 1. The van der Waals surface area contributed by atoms with Crippen LogP contribution in [0.1, 0.15) is 31.2 Å². The Morgan fingerprint density at radius 1 is 1.14 bits per heavy atom. The molecule has 2 heterocycles. The lowest BCUT2D eigenvalue weighted by atomic mass is 9.56. The van der Waals surface area contributed by atoms with Crippen LogP contribution in [0.15, 0.2) is 29.8 Å². The number of carbonyl (C=O) groups is 4. The number of rotatable bonds is 4. The first kappa shape index (κ1) is 24.5. The van der Waals surface area contributed by atoms with Gasteiger partial charge in [0.25, 0.3) is 23.6 Å². The van der Waals surface area contributed by atoms with E-state index in [0.29, 0.717) is 11.1 Å².